The zero-order valence-electron chi connectivity index (χ0n) is 18.5. The summed E-state index contributed by atoms with van der Waals surface area (Å²) in [5.41, 5.74) is 2.74. The van der Waals surface area contributed by atoms with Crippen LogP contribution in [0.1, 0.15) is 11.1 Å². The first-order valence-corrected chi connectivity index (χ1v) is 14.7. The molecule has 5 aromatic carbocycles. The van der Waals surface area contributed by atoms with E-state index in [4.69, 9.17) is 0 Å². The molecule has 0 saturated heterocycles. The Morgan fingerprint density at radius 2 is 1.03 bits per heavy atom. The third-order valence-corrected chi connectivity index (χ3v) is 12.1. The Kier molecular flexibility index (Phi) is 5.05. The molecule has 0 aliphatic carbocycles. The Hall–Kier alpha value is -3.33. The second kappa shape index (κ2) is 8.22. The largest absolute Gasteiger partial charge is 0.147 e. The summed E-state index contributed by atoms with van der Waals surface area (Å²) in [6.07, 6.45) is 0. The molecular weight excluding hydrogens is 432 g/mol. The Morgan fingerprint density at radius 3 is 1.61 bits per heavy atom. The van der Waals surface area contributed by atoms with E-state index in [2.05, 4.69) is 134 Å². The molecule has 0 amide bonds. The molecule has 5 aromatic rings. The van der Waals surface area contributed by atoms with E-state index in [1.807, 2.05) is 11.8 Å². The zero-order valence-corrected chi connectivity index (χ0v) is 20.3. The molecular formula is C31H24SSi. The lowest BCUT2D eigenvalue weighted by molar-refractivity contribution is 1.44. The molecule has 0 N–H and O–H groups in total. The Balaban J connectivity index is 1.56. The molecule has 158 valence electrons. The molecule has 33 heavy (non-hydrogen) atoms. The summed E-state index contributed by atoms with van der Waals surface area (Å²) in [6, 6.07) is 46.4. The van der Waals surface area contributed by atoms with Crippen molar-refractivity contribution in [1.29, 1.82) is 0 Å². The first kappa shape index (κ1) is 20.3. The van der Waals surface area contributed by atoms with Gasteiger partial charge in [0.2, 0.25) is 0 Å². The monoisotopic (exact) mass is 456 g/mol. The van der Waals surface area contributed by atoms with Crippen LogP contribution < -0.4 is 5.19 Å². The maximum absolute atomic E-state index is 2.54. The van der Waals surface area contributed by atoms with Gasteiger partial charge in [-0.1, -0.05) is 128 Å². The Bertz CT molecular complexity index is 1420. The second-order valence-corrected chi connectivity index (χ2v) is 13.6. The lowest BCUT2D eigenvalue weighted by atomic mass is 10.1. The maximum Gasteiger partial charge on any atom is 0.147 e. The highest BCUT2D eigenvalue weighted by molar-refractivity contribution is 7.99. The second-order valence-electron chi connectivity index (χ2n) is 8.68. The molecule has 1 aliphatic heterocycles. The molecule has 0 aromatic heterocycles. The van der Waals surface area contributed by atoms with E-state index in [1.54, 1.807) is 10.4 Å². The fourth-order valence-electron chi connectivity index (χ4n) is 5.14. The summed E-state index contributed by atoms with van der Waals surface area (Å²) in [4.78, 5) is 2.62. The van der Waals surface area contributed by atoms with Crippen LogP contribution in [0.15, 0.2) is 137 Å². The molecule has 0 fully saturated rings. The Morgan fingerprint density at radius 1 is 0.515 bits per heavy atom. The van der Waals surface area contributed by atoms with Crippen LogP contribution in [-0.2, 0) is 0 Å². The Labute approximate surface area is 200 Å². The fourth-order valence-corrected chi connectivity index (χ4v) is 11.1. The average molecular weight is 457 g/mol. The highest BCUT2D eigenvalue weighted by atomic mass is 32.2. The van der Waals surface area contributed by atoms with Crippen molar-refractivity contribution in [3.63, 3.8) is 0 Å². The normalized spacial score (nSPS) is 14.5. The van der Waals surface area contributed by atoms with Crippen molar-refractivity contribution in [3.05, 3.63) is 139 Å². The summed E-state index contributed by atoms with van der Waals surface area (Å²) in [6.45, 7) is 2.54. The molecule has 0 nitrogen and oxygen atoms in total. The first-order chi connectivity index (χ1) is 16.3. The van der Waals surface area contributed by atoms with E-state index < -0.39 is 8.07 Å². The van der Waals surface area contributed by atoms with Gasteiger partial charge in [0, 0.05) is 9.79 Å². The van der Waals surface area contributed by atoms with Gasteiger partial charge in [-0.3, -0.25) is 0 Å². The third kappa shape index (κ3) is 3.47. The van der Waals surface area contributed by atoms with Gasteiger partial charge in [0.15, 0.2) is 0 Å². The van der Waals surface area contributed by atoms with Crippen molar-refractivity contribution in [1.82, 2.24) is 0 Å². The fraction of sp³-hybridized carbons (Fsp3) is 0.0323. The van der Waals surface area contributed by atoms with Gasteiger partial charge < -0.3 is 0 Å². The van der Waals surface area contributed by atoms with Crippen LogP contribution >= 0.6 is 11.8 Å². The molecule has 2 heteroatoms. The lowest BCUT2D eigenvalue weighted by Gasteiger charge is -2.19. The van der Waals surface area contributed by atoms with Crippen molar-refractivity contribution in [3.8, 4) is 0 Å². The van der Waals surface area contributed by atoms with E-state index in [9.17, 15) is 0 Å². The SMILES string of the molecule is C[Si]1(c2cccc3cccc(Sc4ccccc4)c23)C(c2ccccc2)=C1c1ccccc1. The van der Waals surface area contributed by atoms with Gasteiger partial charge in [0.05, 0.1) is 0 Å². The summed E-state index contributed by atoms with van der Waals surface area (Å²) < 4.78 is 0. The number of hydrogen-bond acceptors (Lipinski definition) is 1. The van der Waals surface area contributed by atoms with Crippen LogP contribution in [0, 0.1) is 0 Å². The minimum absolute atomic E-state index is 1.28. The van der Waals surface area contributed by atoms with Crippen LogP contribution in [0.3, 0.4) is 0 Å². The van der Waals surface area contributed by atoms with Crippen molar-refractivity contribution in [2.45, 2.75) is 16.3 Å². The molecule has 0 bridgehead atoms. The van der Waals surface area contributed by atoms with Crippen molar-refractivity contribution in [2.75, 3.05) is 0 Å². The predicted molar refractivity (Wildman–Crippen MR) is 145 cm³/mol. The zero-order chi connectivity index (χ0) is 22.3. The van der Waals surface area contributed by atoms with Crippen molar-refractivity contribution >= 4 is 46.2 Å². The highest BCUT2D eigenvalue weighted by Crippen LogP contribution is 2.55. The van der Waals surface area contributed by atoms with Crippen LogP contribution in [0.2, 0.25) is 6.55 Å². The predicted octanol–water partition coefficient (Wildman–Crippen LogP) is 7.98. The quantitative estimate of drug-likeness (QED) is 0.242. The minimum atomic E-state index is -2.02. The smallest absolute Gasteiger partial charge is 0.0895 e. The summed E-state index contributed by atoms with van der Waals surface area (Å²) in [5, 5.41) is 7.41. The highest BCUT2D eigenvalue weighted by Gasteiger charge is 2.54. The number of fused-ring (bicyclic) bond motifs is 1. The van der Waals surface area contributed by atoms with Gasteiger partial charge in [0.25, 0.3) is 0 Å². The van der Waals surface area contributed by atoms with Gasteiger partial charge in [-0.2, -0.15) is 0 Å². The van der Waals surface area contributed by atoms with E-state index in [0.29, 0.717) is 0 Å². The molecule has 6 rings (SSSR count). The maximum atomic E-state index is 2.54. The van der Waals surface area contributed by atoms with Gasteiger partial charge in [0.1, 0.15) is 8.07 Å². The molecule has 1 heterocycles. The van der Waals surface area contributed by atoms with Gasteiger partial charge in [-0.15, -0.1) is 0 Å². The third-order valence-electron chi connectivity index (χ3n) is 6.69. The van der Waals surface area contributed by atoms with Crippen LogP contribution in [-0.4, -0.2) is 8.07 Å². The molecule has 0 saturated carbocycles. The molecule has 0 spiro atoms. The number of rotatable bonds is 5. The van der Waals surface area contributed by atoms with Gasteiger partial charge in [-0.25, -0.2) is 0 Å². The topological polar surface area (TPSA) is 0 Å². The van der Waals surface area contributed by atoms with Crippen molar-refractivity contribution < 1.29 is 0 Å². The van der Waals surface area contributed by atoms with E-state index >= 15 is 0 Å². The molecule has 0 unspecified atom stereocenters. The van der Waals surface area contributed by atoms with E-state index in [1.165, 1.54) is 36.9 Å². The minimum Gasteiger partial charge on any atom is -0.0895 e. The standard InChI is InChI=1S/C31H24SSi/c1-33(30(24-13-5-2-6-14-24)31(33)25-15-7-3-8-16-25)28-22-12-18-23-17-11-21-27(29(23)28)32-26-19-9-4-10-20-26/h2-22H,1H3. The van der Waals surface area contributed by atoms with E-state index in [-0.39, 0.29) is 0 Å². The summed E-state index contributed by atoms with van der Waals surface area (Å²) >= 11 is 1.87. The molecule has 0 atom stereocenters. The summed E-state index contributed by atoms with van der Waals surface area (Å²) in [7, 11) is -2.02. The molecule has 0 radical (unpaired) electrons. The van der Waals surface area contributed by atoms with Gasteiger partial charge >= 0.3 is 0 Å². The number of benzene rings is 5. The number of hydrogen-bond donors (Lipinski definition) is 0. The molecule has 1 aliphatic rings. The summed E-state index contributed by atoms with van der Waals surface area (Å²) in [5.74, 6) is 0. The average Bonchev–Trinajstić information content (AvgIpc) is 3.52. The van der Waals surface area contributed by atoms with E-state index in [0.717, 1.165) is 0 Å². The lowest BCUT2D eigenvalue weighted by Crippen LogP contribution is -2.35. The van der Waals surface area contributed by atoms with Crippen LogP contribution in [0.4, 0.5) is 0 Å². The van der Waals surface area contributed by atoms with Crippen LogP contribution in [0.25, 0.3) is 21.2 Å². The van der Waals surface area contributed by atoms with Gasteiger partial charge in [-0.05, 0) is 55.7 Å². The van der Waals surface area contributed by atoms with Crippen LogP contribution in [0.5, 0.6) is 0 Å². The first-order valence-electron chi connectivity index (χ1n) is 11.4. The van der Waals surface area contributed by atoms with Crippen molar-refractivity contribution in [2.24, 2.45) is 0 Å².